The molecule has 0 bridgehead atoms. The smallest absolute Gasteiger partial charge is 0.132 e. The Morgan fingerprint density at radius 1 is 1.03 bits per heavy atom. The third-order valence-corrected chi connectivity index (χ3v) is 6.38. The number of thiophene rings is 1. The van der Waals surface area contributed by atoms with Crippen molar-refractivity contribution in [3.8, 4) is 21.6 Å². The summed E-state index contributed by atoms with van der Waals surface area (Å²) in [5.74, 6) is 0.566. The molecule has 0 radical (unpaired) electrons. The van der Waals surface area contributed by atoms with Crippen molar-refractivity contribution in [2.45, 2.75) is 18.9 Å². The van der Waals surface area contributed by atoms with E-state index in [1.54, 1.807) is 11.3 Å². The molecule has 0 amide bonds. The minimum absolute atomic E-state index is 0. The average Bonchev–Trinajstić information content (AvgIpc) is 3.36. The fourth-order valence-electron chi connectivity index (χ4n) is 3.70. The standard InChI is InChI=1S/C21H21N5S.2ClH/c22-21-18(20-10-14-3-1-2-4-19(14)27-20)9-15(11-24-21)16-12-25-26(13-16)17-5-7-23-8-6-17;;/h1-4,9-13,17,23H,5-8H2,(H2,22,24);2*1H. The van der Waals surface area contributed by atoms with E-state index in [2.05, 4.69) is 62.7 Å². The zero-order valence-corrected chi connectivity index (χ0v) is 18.2. The molecule has 0 unspecified atom stereocenters. The lowest BCUT2D eigenvalue weighted by Gasteiger charge is -2.22. The van der Waals surface area contributed by atoms with Gasteiger partial charge in [-0.3, -0.25) is 4.68 Å². The van der Waals surface area contributed by atoms with Crippen LogP contribution in [0.1, 0.15) is 18.9 Å². The van der Waals surface area contributed by atoms with Crippen LogP contribution in [0.4, 0.5) is 5.82 Å². The Morgan fingerprint density at radius 3 is 2.62 bits per heavy atom. The summed E-state index contributed by atoms with van der Waals surface area (Å²) in [6.45, 7) is 2.11. The number of piperidine rings is 1. The van der Waals surface area contributed by atoms with Crippen LogP contribution in [0.3, 0.4) is 0 Å². The molecule has 5 nitrogen and oxygen atoms in total. The second-order valence-corrected chi connectivity index (χ2v) is 8.08. The number of hydrogen-bond acceptors (Lipinski definition) is 5. The number of nitrogens with one attached hydrogen (secondary N) is 1. The third kappa shape index (κ3) is 4.26. The minimum atomic E-state index is 0. The van der Waals surface area contributed by atoms with E-state index in [1.165, 1.54) is 10.1 Å². The van der Waals surface area contributed by atoms with E-state index in [1.807, 2.05) is 12.4 Å². The fraction of sp³-hybridized carbons (Fsp3) is 0.238. The maximum absolute atomic E-state index is 6.21. The molecule has 5 rings (SSSR count). The van der Waals surface area contributed by atoms with E-state index in [4.69, 9.17) is 5.73 Å². The number of pyridine rings is 1. The molecule has 0 atom stereocenters. The molecule has 0 aliphatic carbocycles. The Bertz CT molecular complexity index is 1070. The molecule has 152 valence electrons. The summed E-state index contributed by atoms with van der Waals surface area (Å²) in [5.41, 5.74) is 9.34. The monoisotopic (exact) mass is 447 g/mol. The molecular weight excluding hydrogens is 425 g/mol. The SMILES string of the molecule is Cl.Cl.Nc1ncc(-c2cnn(C3CCNCC3)c2)cc1-c1cc2ccccc2s1. The predicted octanol–water partition coefficient (Wildman–Crippen LogP) is 5.18. The van der Waals surface area contributed by atoms with Crippen molar-refractivity contribution < 1.29 is 0 Å². The Kier molecular flexibility index (Phi) is 6.80. The van der Waals surface area contributed by atoms with E-state index in [0.717, 1.165) is 47.5 Å². The Balaban J connectivity index is 0.00000120. The molecule has 3 aromatic heterocycles. The van der Waals surface area contributed by atoms with Gasteiger partial charge in [-0.2, -0.15) is 5.10 Å². The first-order valence-corrected chi connectivity index (χ1v) is 10.1. The van der Waals surface area contributed by atoms with Crippen molar-refractivity contribution >= 4 is 52.1 Å². The number of nitrogens with two attached hydrogens (primary N) is 1. The van der Waals surface area contributed by atoms with E-state index < -0.39 is 0 Å². The molecule has 8 heteroatoms. The second kappa shape index (κ2) is 9.13. The maximum Gasteiger partial charge on any atom is 0.132 e. The largest absolute Gasteiger partial charge is 0.383 e. The van der Waals surface area contributed by atoms with Crippen LogP contribution in [0.25, 0.3) is 31.7 Å². The summed E-state index contributed by atoms with van der Waals surface area (Å²) in [6, 6.07) is 13.2. The van der Waals surface area contributed by atoms with Gasteiger partial charge in [-0.1, -0.05) is 18.2 Å². The summed E-state index contributed by atoms with van der Waals surface area (Å²) in [6.07, 6.45) is 8.15. The van der Waals surface area contributed by atoms with Gasteiger partial charge >= 0.3 is 0 Å². The summed E-state index contributed by atoms with van der Waals surface area (Å²) in [7, 11) is 0. The van der Waals surface area contributed by atoms with Crippen LogP contribution in [-0.4, -0.2) is 27.9 Å². The Hall–Kier alpha value is -2.12. The van der Waals surface area contributed by atoms with E-state index >= 15 is 0 Å². The van der Waals surface area contributed by atoms with Crippen LogP contribution in [-0.2, 0) is 0 Å². The number of aromatic nitrogens is 3. The number of benzene rings is 1. The first-order valence-electron chi connectivity index (χ1n) is 9.28. The lowest BCUT2D eigenvalue weighted by molar-refractivity contribution is 0.343. The van der Waals surface area contributed by atoms with Gasteiger partial charge in [0, 0.05) is 38.7 Å². The molecule has 0 saturated carbocycles. The topological polar surface area (TPSA) is 68.8 Å². The Morgan fingerprint density at radius 2 is 1.83 bits per heavy atom. The van der Waals surface area contributed by atoms with Gasteiger partial charge < -0.3 is 11.1 Å². The number of rotatable bonds is 3. The molecule has 1 saturated heterocycles. The highest BCUT2D eigenvalue weighted by molar-refractivity contribution is 7.22. The zero-order chi connectivity index (χ0) is 18.2. The van der Waals surface area contributed by atoms with Crippen molar-refractivity contribution in [3.63, 3.8) is 0 Å². The number of nitrogens with zero attached hydrogens (tertiary/aromatic N) is 3. The van der Waals surface area contributed by atoms with Crippen LogP contribution in [0, 0.1) is 0 Å². The van der Waals surface area contributed by atoms with E-state index in [0.29, 0.717) is 11.9 Å². The highest BCUT2D eigenvalue weighted by Gasteiger charge is 2.17. The van der Waals surface area contributed by atoms with Crippen molar-refractivity contribution in [2.75, 3.05) is 18.8 Å². The van der Waals surface area contributed by atoms with E-state index in [-0.39, 0.29) is 24.8 Å². The highest BCUT2D eigenvalue weighted by atomic mass is 35.5. The van der Waals surface area contributed by atoms with Gasteiger partial charge in [-0.15, -0.1) is 36.2 Å². The quantitative estimate of drug-likeness (QED) is 0.453. The lowest BCUT2D eigenvalue weighted by atomic mass is 10.1. The predicted molar refractivity (Wildman–Crippen MR) is 126 cm³/mol. The second-order valence-electron chi connectivity index (χ2n) is 7.00. The molecular formula is C21H23Cl2N5S. The highest BCUT2D eigenvalue weighted by Crippen LogP contribution is 2.37. The first kappa shape index (κ1) is 21.6. The number of hydrogen-bond donors (Lipinski definition) is 2. The normalized spacial score (nSPS) is 14.3. The molecule has 4 aromatic rings. The average molecular weight is 448 g/mol. The van der Waals surface area contributed by atoms with Gasteiger partial charge in [0.2, 0.25) is 0 Å². The van der Waals surface area contributed by atoms with Crippen LogP contribution in [0.15, 0.2) is 55.0 Å². The minimum Gasteiger partial charge on any atom is -0.383 e. The van der Waals surface area contributed by atoms with Gasteiger partial charge in [0.25, 0.3) is 0 Å². The van der Waals surface area contributed by atoms with Crippen LogP contribution >= 0.6 is 36.2 Å². The molecule has 1 fully saturated rings. The molecule has 1 aromatic carbocycles. The molecule has 0 spiro atoms. The molecule has 4 heterocycles. The zero-order valence-electron chi connectivity index (χ0n) is 15.7. The third-order valence-electron chi connectivity index (χ3n) is 5.23. The van der Waals surface area contributed by atoms with Gasteiger partial charge in [-0.05, 0) is 49.5 Å². The van der Waals surface area contributed by atoms with Gasteiger partial charge in [-0.25, -0.2) is 4.98 Å². The van der Waals surface area contributed by atoms with Gasteiger partial charge in [0.1, 0.15) is 5.82 Å². The van der Waals surface area contributed by atoms with Crippen LogP contribution < -0.4 is 11.1 Å². The number of nitrogen functional groups attached to an aromatic ring is 1. The maximum atomic E-state index is 6.21. The van der Waals surface area contributed by atoms with Crippen LogP contribution in [0.5, 0.6) is 0 Å². The van der Waals surface area contributed by atoms with Gasteiger partial charge in [0.15, 0.2) is 0 Å². The summed E-state index contributed by atoms with van der Waals surface area (Å²) in [5, 5.41) is 9.25. The molecule has 29 heavy (non-hydrogen) atoms. The molecule has 1 aliphatic rings. The fourth-order valence-corrected chi connectivity index (χ4v) is 4.79. The number of halogens is 2. The van der Waals surface area contributed by atoms with Gasteiger partial charge in [0.05, 0.1) is 12.2 Å². The van der Waals surface area contributed by atoms with E-state index in [9.17, 15) is 0 Å². The van der Waals surface area contributed by atoms with Crippen molar-refractivity contribution in [3.05, 3.63) is 55.0 Å². The number of anilines is 1. The summed E-state index contributed by atoms with van der Waals surface area (Å²) >= 11 is 1.75. The summed E-state index contributed by atoms with van der Waals surface area (Å²) < 4.78 is 3.36. The molecule has 1 aliphatic heterocycles. The van der Waals surface area contributed by atoms with Crippen molar-refractivity contribution in [2.24, 2.45) is 0 Å². The lowest BCUT2D eigenvalue weighted by Crippen LogP contribution is -2.29. The first-order chi connectivity index (χ1) is 13.3. The van der Waals surface area contributed by atoms with Crippen molar-refractivity contribution in [1.82, 2.24) is 20.1 Å². The summed E-state index contributed by atoms with van der Waals surface area (Å²) in [4.78, 5) is 5.61. The number of fused-ring (bicyclic) bond motifs is 1. The van der Waals surface area contributed by atoms with Crippen molar-refractivity contribution in [1.29, 1.82) is 0 Å². The van der Waals surface area contributed by atoms with Crippen LogP contribution in [0.2, 0.25) is 0 Å². The molecule has 3 N–H and O–H groups in total. The Labute approximate surface area is 186 Å².